The number of rotatable bonds is 7. The fourth-order valence-electron chi connectivity index (χ4n) is 4.29. The van der Waals surface area contributed by atoms with E-state index in [-0.39, 0.29) is 12.0 Å². The summed E-state index contributed by atoms with van der Waals surface area (Å²) in [6.07, 6.45) is 6.27. The number of hydrogen-bond donors (Lipinski definition) is 1. The maximum Gasteiger partial charge on any atom is 0.251 e. The van der Waals surface area contributed by atoms with Crippen LogP contribution < -0.4 is 5.32 Å². The number of aromatic nitrogens is 2. The first-order chi connectivity index (χ1) is 15.7. The van der Waals surface area contributed by atoms with Crippen molar-refractivity contribution in [3.8, 4) is 0 Å². The lowest BCUT2D eigenvalue weighted by molar-refractivity contribution is -0.142. The zero-order valence-electron chi connectivity index (χ0n) is 18.9. The number of benzene rings is 1. The summed E-state index contributed by atoms with van der Waals surface area (Å²) in [4.78, 5) is 26.2. The second kappa shape index (κ2) is 11.1. The molecular formula is C24H34N6O2. The van der Waals surface area contributed by atoms with Crippen LogP contribution >= 0.6 is 0 Å². The second-order valence-electron chi connectivity index (χ2n) is 8.26. The predicted molar refractivity (Wildman–Crippen MR) is 125 cm³/mol. The second-order valence-corrected chi connectivity index (χ2v) is 8.26. The molecule has 0 bridgehead atoms. The van der Waals surface area contributed by atoms with Gasteiger partial charge < -0.3 is 24.4 Å². The average molecular weight is 439 g/mol. The van der Waals surface area contributed by atoms with Gasteiger partial charge in [-0.3, -0.25) is 9.79 Å². The highest BCUT2D eigenvalue weighted by molar-refractivity contribution is 5.82. The summed E-state index contributed by atoms with van der Waals surface area (Å²) in [5, 5.41) is 3.41. The smallest absolute Gasteiger partial charge is 0.251 e. The topological polar surface area (TPSA) is 75.0 Å². The lowest BCUT2D eigenvalue weighted by atomic mass is 10.2. The number of nitrogens with zero attached hydrogens (tertiary/aromatic N) is 5. The monoisotopic (exact) mass is 438 g/mol. The standard InChI is InChI=1S/C24H34N6O2/c1-2-25-24(29-16-14-28(15-17-29)23(31)21-9-6-18-32-21)27-11-10-22-26-12-13-30(22)19-20-7-4-3-5-8-20/h3-5,7-8,12-13,21H,2,6,9-11,14-19H2,1H3,(H,25,27). The van der Waals surface area contributed by atoms with E-state index >= 15 is 0 Å². The van der Waals surface area contributed by atoms with Gasteiger partial charge in [0.15, 0.2) is 5.96 Å². The number of guanidine groups is 1. The molecule has 0 spiro atoms. The van der Waals surface area contributed by atoms with Crippen LogP contribution in [0.2, 0.25) is 0 Å². The minimum absolute atomic E-state index is 0.148. The first-order valence-electron chi connectivity index (χ1n) is 11.7. The Kier molecular flexibility index (Phi) is 7.77. The minimum atomic E-state index is -0.233. The molecule has 2 fully saturated rings. The molecule has 8 nitrogen and oxygen atoms in total. The van der Waals surface area contributed by atoms with E-state index < -0.39 is 0 Å². The maximum absolute atomic E-state index is 12.6. The highest BCUT2D eigenvalue weighted by Crippen LogP contribution is 2.16. The molecule has 172 valence electrons. The molecule has 0 radical (unpaired) electrons. The summed E-state index contributed by atoms with van der Waals surface area (Å²) in [5.74, 6) is 2.10. The van der Waals surface area contributed by atoms with E-state index in [1.54, 1.807) is 0 Å². The van der Waals surface area contributed by atoms with Crippen LogP contribution in [0.25, 0.3) is 0 Å². The number of nitrogens with one attached hydrogen (secondary N) is 1. The van der Waals surface area contributed by atoms with E-state index in [4.69, 9.17) is 9.73 Å². The Labute approximate surface area is 190 Å². The molecular weight excluding hydrogens is 404 g/mol. The van der Waals surface area contributed by atoms with Gasteiger partial charge in [-0.25, -0.2) is 4.98 Å². The number of imidazole rings is 1. The number of carbonyl (C=O) groups excluding carboxylic acids is 1. The van der Waals surface area contributed by atoms with E-state index in [1.807, 2.05) is 23.4 Å². The van der Waals surface area contributed by atoms with Crippen molar-refractivity contribution < 1.29 is 9.53 Å². The first-order valence-corrected chi connectivity index (χ1v) is 11.7. The van der Waals surface area contributed by atoms with Crippen molar-refractivity contribution in [1.82, 2.24) is 24.7 Å². The molecule has 3 heterocycles. The zero-order chi connectivity index (χ0) is 22.2. The Bertz CT molecular complexity index is 883. The highest BCUT2D eigenvalue weighted by Gasteiger charge is 2.30. The first kappa shape index (κ1) is 22.3. The third-order valence-electron chi connectivity index (χ3n) is 6.03. The Morgan fingerprint density at radius 3 is 2.69 bits per heavy atom. The summed E-state index contributed by atoms with van der Waals surface area (Å²) >= 11 is 0. The molecule has 0 saturated carbocycles. The highest BCUT2D eigenvalue weighted by atomic mass is 16.5. The van der Waals surface area contributed by atoms with Gasteiger partial charge in [-0.15, -0.1) is 0 Å². The molecule has 32 heavy (non-hydrogen) atoms. The Morgan fingerprint density at radius 2 is 1.97 bits per heavy atom. The van der Waals surface area contributed by atoms with Crippen LogP contribution in [-0.2, 0) is 22.5 Å². The molecule has 1 aromatic carbocycles. The number of carbonyl (C=O) groups is 1. The van der Waals surface area contributed by atoms with Gasteiger partial charge in [-0.05, 0) is 25.3 Å². The number of amides is 1. The summed E-state index contributed by atoms with van der Waals surface area (Å²) in [7, 11) is 0. The van der Waals surface area contributed by atoms with Crippen molar-refractivity contribution in [3.05, 3.63) is 54.1 Å². The largest absolute Gasteiger partial charge is 0.368 e. The Hall–Kier alpha value is -2.87. The number of ether oxygens (including phenoxy) is 1. The number of hydrogen-bond acceptors (Lipinski definition) is 4. The molecule has 4 rings (SSSR count). The minimum Gasteiger partial charge on any atom is -0.368 e. The summed E-state index contributed by atoms with van der Waals surface area (Å²) in [6, 6.07) is 10.4. The molecule has 1 unspecified atom stereocenters. The van der Waals surface area contributed by atoms with E-state index in [1.165, 1.54) is 5.56 Å². The van der Waals surface area contributed by atoms with Crippen molar-refractivity contribution in [1.29, 1.82) is 0 Å². The van der Waals surface area contributed by atoms with Gasteiger partial charge in [-0.1, -0.05) is 30.3 Å². The molecule has 1 amide bonds. The van der Waals surface area contributed by atoms with Crippen molar-refractivity contribution in [3.63, 3.8) is 0 Å². The van der Waals surface area contributed by atoms with Crippen molar-refractivity contribution in [2.24, 2.45) is 4.99 Å². The summed E-state index contributed by atoms with van der Waals surface area (Å²) in [6.45, 7) is 8.09. The molecule has 2 aliphatic rings. The maximum atomic E-state index is 12.6. The fraction of sp³-hybridized carbons (Fsp3) is 0.542. The Balaban J connectivity index is 1.30. The zero-order valence-corrected chi connectivity index (χ0v) is 18.9. The number of aliphatic imine (C=N–C) groups is 1. The van der Waals surface area contributed by atoms with Gasteiger partial charge >= 0.3 is 0 Å². The molecule has 1 atom stereocenters. The molecule has 2 aliphatic heterocycles. The van der Waals surface area contributed by atoms with Crippen LogP contribution in [-0.4, -0.2) is 83.2 Å². The number of piperazine rings is 1. The van der Waals surface area contributed by atoms with Gasteiger partial charge in [0.2, 0.25) is 0 Å². The predicted octanol–water partition coefficient (Wildman–Crippen LogP) is 1.76. The van der Waals surface area contributed by atoms with E-state index in [2.05, 4.69) is 51.0 Å². The van der Waals surface area contributed by atoms with Crippen LogP contribution in [0.3, 0.4) is 0 Å². The van der Waals surface area contributed by atoms with Gasteiger partial charge in [0.25, 0.3) is 5.91 Å². The molecule has 8 heteroatoms. The third-order valence-corrected chi connectivity index (χ3v) is 6.03. The molecule has 2 aromatic rings. The normalized spacial score (nSPS) is 19.4. The molecule has 0 aliphatic carbocycles. The van der Waals surface area contributed by atoms with Gasteiger partial charge in [0.05, 0.1) is 0 Å². The molecule has 2 saturated heterocycles. The van der Waals surface area contributed by atoms with Crippen molar-refractivity contribution in [2.45, 2.75) is 38.8 Å². The van der Waals surface area contributed by atoms with Crippen LogP contribution in [0.5, 0.6) is 0 Å². The average Bonchev–Trinajstić information content (AvgIpc) is 3.52. The lowest BCUT2D eigenvalue weighted by Crippen LogP contribution is -2.55. The third kappa shape index (κ3) is 5.68. The van der Waals surface area contributed by atoms with E-state index in [9.17, 15) is 4.79 Å². The van der Waals surface area contributed by atoms with Gasteiger partial charge in [0.1, 0.15) is 11.9 Å². The lowest BCUT2D eigenvalue weighted by Gasteiger charge is -2.37. The van der Waals surface area contributed by atoms with Crippen molar-refractivity contribution >= 4 is 11.9 Å². The Morgan fingerprint density at radius 1 is 1.19 bits per heavy atom. The van der Waals surface area contributed by atoms with Crippen LogP contribution in [0.15, 0.2) is 47.7 Å². The SMILES string of the molecule is CCNC(=NCCc1nccn1Cc1ccccc1)N1CCN(C(=O)C2CCCO2)CC1. The van der Waals surface area contributed by atoms with Crippen LogP contribution in [0.4, 0.5) is 0 Å². The van der Waals surface area contributed by atoms with E-state index in [0.717, 1.165) is 57.2 Å². The summed E-state index contributed by atoms with van der Waals surface area (Å²) < 4.78 is 7.76. The van der Waals surface area contributed by atoms with Gasteiger partial charge in [-0.2, -0.15) is 0 Å². The van der Waals surface area contributed by atoms with Crippen molar-refractivity contribution in [2.75, 3.05) is 45.9 Å². The van der Waals surface area contributed by atoms with Crippen LogP contribution in [0.1, 0.15) is 31.2 Å². The quantitative estimate of drug-likeness (QED) is 0.527. The van der Waals surface area contributed by atoms with E-state index in [0.29, 0.717) is 26.2 Å². The van der Waals surface area contributed by atoms with Crippen LogP contribution in [0, 0.1) is 0 Å². The van der Waals surface area contributed by atoms with Gasteiger partial charge in [0, 0.05) is 71.2 Å². The molecule has 1 aromatic heterocycles. The summed E-state index contributed by atoms with van der Waals surface area (Å²) in [5.41, 5.74) is 1.26. The fourth-order valence-corrected chi connectivity index (χ4v) is 4.29. The molecule has 1 N–H and O–H groups in total.